The molecule has 0 spiro atoms. The van der Waals surface area contributed by atoms with Gasteiger partial charge in [-0.25, -0.2) is 4.72 Å². The number of nitrogens with two attached hydrogens (primary N) is 1. The number of amidine groups is 1. The highest BCUT2D eigenvalue weighted by Crippen LogP contribution is 2.12. The Labute approximate surface area is 115 Å². The smallest absolute Gasteiger partial charge is 0.346 e. The average molecular weight is 299 g/mol. The summed E-state index contributed by atoms with van der Waals surface area (Å²) in [4.78, 5) is 8.04. The summed E-state index contributed by atoms with van der Waals surface area (Å²) in [6, 6.07) is 5.73. The quantitative estimate of drug-likeness (QED) is 0.758. The fourth-order valence-electron chi connectivity index (χ4n) is 1.40. The van der Waals surface area contributed by atoms with Gasteiger partial charge in [-0.1, -0.05) is 6.07 Å². The Morgan fingerprint density at radius 1 is 1.37 bits per heavy atom. The van der Waals surface area contributed by atoms with E-state index in [0.717, 1.165) is 11.4 Å². The summed E-state index contributed by atoms with van der Waals surface area (Å²) < 4.78 is 28.0. The van der Waals surface area contributed by atoms with Crippen LogP contribution in [-0.4, -0.2) is 30.9 Å². The van der Waals surface area contributed by atoms with E-state index in [1.54, 1.807) is 18.0 Å². The maximum absolute atomic E-state index is 11.2. The van der Waals surface area contributed by atoms with Crippen molar-refractivity contribution in [2.24, 2.45) is 15.1 Å². The van der Waals surface area contributed by atoms with E-state index in [9.17, 15) is 8.42 Å². The van der Waals surface area contributed by atoms with Crippen LogP contribution in [-0.2, 0) is 16.0 Å². The summed E-state index contributed by atoms with van der Waals surface area (Å²) in [5.41, 5.74) is 6.34. The lowest BCUT2D eigenvalue weighted by Gasteiger charge is -2.10. The number of guanidine groups is 1. The Hall–Kier alpha value is -1.61. The second-order valence-electron chi connectivity index (χ2n) is 3.71. The monoisotopic (exact) mass is 299 g/mol. The van der Waals surface area contributed by atoms with Gasteiger partial charge in [0.05, 0.1) is 5.69 Å². The molecule has 0 radical (unpaired) electrons. The number of pyridine rings is 1. The van der Waals surface area contributed by atoms with Crippen LogP contribution in [0.15, 0.2) is 33.8 Å². The summed E-state index contributed by atoms with van der Waals surface area (Å²) in [5, 5.41) is 0. The van der Waals surface area contributed by atoms with Crippen LogP contribution in [0.1, 0.15) is 12.1 Å². The molecule has 2 heterocycles. The van der Waals surface area contributed by atoms with Crippen molar-refractivity contribution in [3.63, 3.8) is 0 Å². The first kappa shape index (κ1) is 13.8. The largest absolute Gasteiger partial charge is 0.369 e. The normalized spacial score (nSPS) is 17.3. The Morgan fingerprint density at radius 2 is 2.21 bits per heavy atom. The van der Waals surface area contributed by atoms with Gasteiger partial charge in [0.1, 0.15) is 5.84 Å². The van der Waals surface area contributed by atoms with Crippen LogP contribution in [0.2, 0.25) is 0 Å². The molecule has 102 valence electrons. The first-order valence-corrected chi connectivity index (χ1v) is 8.08. The van der Waals surface area contributed by atoms with Gasteiger partial charge in [0, 0.05) is 24.1 Å². The lowest BCUT2D eigenvalue weighted by molar-refractivity contribution is 0.593. The number of nitrogens with zero attached hydrogens (tertiary/aromatic N) is 3. The molecule has 2 rings (SSSR count). The average Bonchev–Trinajstić information content (AvgIpc) is 2.33. The predicted octanol–water partition coefficient (Wildman–Crippen LogP) is 0.266. The molecule has 3 N–H and O–H groups in total. The van der Waals surface area contributed by atoms with Crippen molar-refractivity contribution in [1.82, 2.24) is 9.71 Å². The highest BCUT2D eigenvalue weighted by Gasteiger charge is 2.16. The lowest BCUT2D eigenvalue weighted by Crippen LogP contribution is -2.39. The van der Waals surface area contributed by atoms with E-state index in [1.807, 2.05) is 22.9 Å². The third-order valence-corrected chi connectivity index (χ3v) is 4.07. The first-order valence-electron chi connectivity index (χ1n) is 5.48. The second-order valence-corrected chi connectivity index (χ2v) is 6.15. The maximum atomic E-state index is 11.2. The van der Waals surface area contributed by atoms with Crippen LogP contribution in [0.3, 0.4) is 0 Å². The molecule has 1 aliphatic rings. The standard InChI is InChI=1S/C10H13N5O2S2/c11-10-13-9(14-19(16,17)15-10)4-6-18-7-8-3-1-2-5-12-8/h1-3,5H,4,6-7H2,(H3,11,13,14,15). The van der Waals surface area contributed by atoms with Gasteiger partial charge in [0.25, 0.3) is 0 Å². The van der Waals surface area contributed by atoms with Crippen molar-refractivity contribution in [2.75, 3.05) is 5.75 Å². The number of rotatable bonds is 5. The lowest BCUT2D eigenvalue weighted by atomic mass is 10.4. The summed E-state index contributed by atoms with van der Waals surface area (Å²) in [7, 11) is -3.71. The molecule has 0 amide bonds. The number of aliphatic imine (C=N–C) groups is 1. The molecule has 1 aromatic heterocycles. The summed E-state index contributed by atoms with van der Waals surface area (Å²) in [6.45, 7) is 0. The third kappa shape index (κ3) is 4.52. The highest BCUT2D eigenvalue weighted by atomic mass is 32.2. The zero-order chi connectivity index (χ0) is 13.7. The molecule has 0 unspecified atom stereocenters. The molecular formula is C10H13N5O2S2. The number of aromatic nitrogens is 1. The number of nitrogens with one attached hydrogen (secondary N) is 1. The molecule has 0 fully saturated rings. The van der Waals surface area contributed by atoms with Crippen molar-refractivity contribution in [2.45, 2.75) is 12.2 Å². The Morgan fingerprint density at radius 3 is 2.89 bits per heavy atom. The van der Waals surface area contributed by atoms with Crippen LogP contribution in [0.5, 0.6) is 0 Å². The molecule has 0 saturated carbocycles. The topological polar surface area (TPSA) is 110 Å². The van der Waals surface area contributed by atoms with Crippen molar-refractivity contribution in [3.05, 3.63) is 30.1 Å². The van der Waals surface area contributed by atoms with Gasteiger partial charge in [-0.15, -0.1) is 4.40 Å². The Bertz CT molecular complexity index is 598. The Balaban J connectivity index is 1.82. The Kier molecular flexibility index (Phi) is 4.38. The minimum atomic E-state index is -3.71. The van der Waals surface area contributed by atoms with E-state index in [1.165, 1.54) is 0 Å². The summed E-state index contributed by atoms with van der Waals surface area (Å²) >= 11 is 1.63. The molecule has 7 nitrogen and oxygen atoms in total. The molecule has 1 aromatic rings. The number of thioether (sulfide) groups is 1. The van der Waals surface area contributed by atoms with Crippen LogP contribution in [0.4, 0.5) is 0 Å². The van der Waals surface area contributed by atoms with Gasteiger partial charge in [0.15, 0.2) is 0 Å². The zero-order valence-electron chi connectivity index (χ0n) is 9.98. The van der Waals surface area contributed by atoms with Crippen LogP contribution >= 0.6 is 11.8 Å². The van der Waals surface area contributed by atoms with Gasteiger partial charge in [0.2, 0.25) is 5.96 Å². The van der Waals surface area contributed by atoms with Crippen molar-refractivity contribution in [1.29, 1.82) is 0 Å². The van der Waals surface area contributed by atoms with E-state index < -0.39 is 10.2 Å². The van der Waals surface area contributed by atoms with Crippen LogP contribution in [0, 0.1) is 0 Å². The molecule has 0 aromatic carbocycles. The second kappa shape index (κ2) is 6.02. The van der Waals surface area contributed by atoms with E-state index in [2.05, 4.69) is 14.4 Å². The van der Waals surface area contributed by atoms with E-state index in [0.29, 0.717) is 12.2 Å². The molecule has 0 bridgehead atoms. The summed E-state index contributed by atoms with van der Waals surface area (Å²) in [5.74, 6) is 1.55. The maximum Gasteiger partial charge on any atom is 0.346 e. The predicted molar refractivity (Wildman–Crippen MR) is 76.1 cm³/mol. The molecule has 0 aliphatic carbocycles. The molecule has 9 heteroatoms. The van der Waals surface area contributed by atoms with Crippen LogP contribution in [0.25, 0.3) is 0 Å². The third-order valence-electron chi connectivity index (χ3n) is 2.15. The highest BCUT2D eigenvalue weighted by molar-refractivity contribution is 7.98. The van der Waals surface area contributed by atoms with Crippen molar-refractivity contribution >= 4 is 33.8 Å². The molecule has 0 atom stereocenters. The van der Waals surface area contributed by atoms with Gasteiger partial charge < -0.3 is 5.73 Å². The molecule has 0 saturated heterocycles. The van der Waals surface area contributed by atoms with E-state index in [4.69, 9.17) is 5.73 Å². The molecule has 1 aliphatic heterocycles. The number of hydrogen-bond donors (Lipinski definition) is 2. The molecule has 19 heavy (non-hydrogen) atoms. The molecular weight excluding hydrogens is 286 g/mol. The minimum absolute atomic E-state index is 0.139. The zero-order valence-corrected chi connectivity index (χ0v) is 11.6. The fourth-order valence-corrected chi connectivity index (χ4v) is 3.02. The fraction of sp³-hybridized carbons (Fsp3) is 0.300. The first-order chi connectivity index (χ1) is 9.05. The van der Waals surface area contributed by atoms with Crippen LogP contribution < -0.4 is 10.5 Å². The SMILES string of the molecule is NC1=NC(CCSCc2ccccn2)=NS(=O)(=O)N1. The van der Waals surface area contributed by atoms with Crippen molar-refractivity contribution < 1.29 is 8.42 Å². The van der Waals surface area contributed by atoms with Gasteiger partial charge in [-0.3, -0.25) is 4.98 Å². The van der Waals surface area contributed by atoms with E-state index >= 15 is 0 Å². The van der Waals surface area contributed by atoms with Gasteiger partial charge in [-0.2, -0.15) is 25.2 Å². The summed E-state index contributed by atoms with van der Waals surface area (Å²) in [6.07, 6.45) is 2.18. The number of hydrogen-bond acceptors (Lipinski definition) is 6. The van der Waals surface area contributed by atoms with Crippen molar-refractivity contribution in [3.8, 4) is 0 Å². The van der Waals surface area contributed by atoms with E-state index in [-0.39, 0.29) is 11.8 Å². The van der Waals surface area contributed by atoms with Gasteiger partial charge >= 0.3 is 10.2 Å². The minimum Gasteiger partial charge on any atom is -0.369 e. The van der Waals surface area contributed by atoms with Gasteiger partial charge in [-0.05, 0) is 12.1 Å².